The molecule has 0 radical (unpaired) electrons. The molecule has 2 aromatic carbocycles. The van der Waals surface area contributed by atoms with E-state index in [0.717, 1.165) is 19.1 Å². The Morgan fingerprint density at radius 3 is 2.44 bits per heavy atom. The average molecular weight is 458 g/mol. The molecule has 3 rings (SSSR count). The topological polar surface area (TPSA) is 71.3 Å². The Hall–Kier alpha value is -3.34. The van der Waals surface area contributed by atoms with E-state index in [2.05, 4.69) is 5.32 Å². The summed E-state index contributed by atoms with van der Waals surface area (Å²) >= 11 is 0. The fraction of sp³-hybridized carbons (Fsp3) is 0.238. The number of nitrogens with zero attached hydrogens (tertiary/aromatic N) is 1. The Kier molecular flexibility index (Phi) is 6.31. The molecule has 2 N–H and O–H groups in total. The number of amides is 1. The second-order valence-corrected chi connectivity index (χ2v) is 7.02. The molecular weight excluding hydrogens is 442 g/mol. The molecule has 0 bridgehead atoms. The molecule has 170 valence electrons. The predicted octanol–water partition coefficient (Wildman–Crippen LogP) is 4.10. The summed E-state index contributed by atoms with van der Waals surface area (Å²) in [5.41, 5.74) is -2.01. The van der Waals surface area contributed by atoms with E-state index in [1.807, 2.05) is 0 Å². The molecule has 0 aliphatic heterocycles. The molecule has 0 fully saturated rings. The number of pyridine rings is 1. The van der Waals surface area contributed by atoms with Gasteiger partial charge in [0.1, 0.15) is 17.5 Å². The predicted molar refractivity (Wildman–Crippen MR) is 102 cm³/mol. The molecule has 0 aliphatic carbocycles. The number of hydrogen-bond acceptors (Lipinski definition) is 3. The van der Waals surface area contributed by atoms with Crippen LogP contribution in [-0.4, -0.2) is 21.8 Å². The van der Waals surface area contributed by atoms with Crippen LogP contribution in [0.5, 0.6) is 0 Å². The van der Waals surface area contributed by atoms with Gasteiger partial charge in [0.05, 0.1) is 17.4 Å². The first-order chi connectivity index (χ1) is 14.9. The van der Waals surface area contributed by atoms with Gasteiger partial charge >= 0.3 is 6.18 Å². The summed E-state index contributed by atoms with van der Waals surface area (Å²) in [5, 5.41) is 11.1. The minimum atomic E-state index is -4.64. The van der Waals surface area contributed by atoms with E-state index in [1.54, 1.807) is 0 Å². The number of aliphatic hydroxyl groups excluding tert-OH is 1. The van der Waals surface area contributed by atoms with Crippen molar-refractivity contribution >= 4 is 16.7 Å². The molecule has 1 aromatic heterocycles. The Balaban J connectivity index is 2.15. The van der Waals surface area contributed by atoms with Crippen molar-refractivity contribution in [3.63, 3.8) is 0 Å². The fourth-order valence-electron chi connectivity index (χ4n) is 3.36. The summed E-state index contributed by atoms with van der Waals surface area (Å²) in [6.45, 7) is 0.233. The second kappa shape index (κ2) is 8.65. The number of nitrogens with one attached hydrogen (secondary N) is 1. The lowest BCUT2D eigenvalue weighted by molar-refractivity contribution is -0.136. The largest absolute Gasteiger partial charge is 0.390 e. The Bertz CT molecular complexity index is 1250. The van der Waals surface area contributed by atoms with Crippen molar-refractivity contribution in [3.05, 3.63) is 81.0 Å². The van der Waals surface area contributed by atoms with E-state index in [4.69, 9.17) is 0 Å². The van der Waals surface area contributed by atoms with Crippen LogP contribution in [0.3, 0.4) is 0 Å². The van der Waals surface area contributed by atoms with Crippen LogP contribution >= 0.6 is 0 Å². The standard InChI is InChI=1S/C21H16F6N2O3/c1-10-16(19(31)28-18(30)11-3-2-4-12(22)7-11)14-8-13(23)9-15(24)17(14)20(32)29(10)6-5-21(25,26)27/h2-4,7-9,18,30H,5-6H2,1H3,(H,28,31)/t18-/m0/s1. The number of aliphatic hydroxyl groups is 1. The highest BCUT2D eigenvalue weighted by Gasteiger charge is 2.29. The number of rotatable bonds is 5. The molecule has 0 spiro atoms. The number of aromatic nitrogens is 1. The van der Waals surface area contributed by atoms with Gasteiger partial charge in [-0.25, -0.2) is 13.2 Å². The van der Waals surface area contributed by atoms with Gasteiger partial charge in [-0.2, -0.15) is 13.2 Å². The Morgan fingerprint density at radius 1 is 1.12 bits per heavy atom. The van der Waals surface area contributed by atoms with Crippen LogP contribution in [0.4, 0.5) is 26.3 Å². The first-order valence-corrected chi connectivity index (χ1v) is 9.22. The van der Waals surface area contributed by atoms with E-state index in [9.17, 15) is 41.0 Å². The normalized spacial score (nSPS) is 12.8. The van der Waals surface area contributed by atoms with E-state index < -0.39 is 70.6 Å². The van der Waals surface area contributed by atoms with Crippen LogP contribution in [0.1, 0.15) is 34.3 Å². The SMILES string of the molecule is Cc1c(C(=O)N[C@@H](O)c2cccc(F)c2)c2cc(F)cc(F)c2c(=O)n1CCC(F)(F)F. The van der Waals surface area contributed by atoms with Gasteiger partial charge < -0.3 is 15.0 Å². The molecule has 3 aromatic rings. The van der Waals surface area contributed by atoms with Crippen molar-refractivity contribution in [1.29, 1.82) is 0 Å². The van der Waals surface area contributed by atoms with Crippen LogP contribution in [0.15, 0.2) is 41.2 Å². The lowest BCUT2D eigenvalue weighted by atomic mass is 10.0. The highest BCUT2D eigenvalue weighted by molar-refractivity contribution is 6.08. The van der Waals surface area contributed by atoms with E-state index in [0.29, 0.717) is 16.7 Å². The molecule has 1 heterocycles. The number of carbonyl (C=O) groups is 1. The van der Waals surface area contributed by atoms with Gasteiger partial charge in [-0.05, 0) is 25.1 Å². The molecule has 32 heavy (non-hydrogen) atoms. The first kappa shape index (κ1) is 23.3. The minimum absolute atomic E-state index is 0.0527. The maximum absolute atomic E-state index is 14.4. The lowest BCUT2D eigenvalue weighted by Crippen LogP contribution is -2.33. The maximum atomic E-state index is 14.4. The lowest BCUT2D eigenvalue weighted by Gasteiger charge is -2.20. The Morgan fingerprint density at radius 2 is 1.81 bits per heavy atom. The third-order valence-corrected chi connectivity index (χ3v) is 4.83. The minimum Gasteiger partial charge on any atom is -0.369 e. The van der Waals surface area contributed by atoms with Crippen molar-refractivity contribution < 1.29 is 36.2 Å². The molecule has 0 aliphatic rings. The van der Waals surface area contributed by atoms with Gasteiger partial charge in [-0.1, -0.05) is 12.1 Å². The highest BCUT2D eigenvalue weighted by atomic mass is 19.4. The molecule has 0 unspecified atom stereocenters. The quantitative estimate of drug-likeness (QED) is 0.447. The number of alkyl halides is 3. The van der Waals surface area contributed by atoms with Crippen molar-refractivity contribution in [2.24, 2.45) is 0 Å². The first-order valence-electron chi connectivity index (χ1n) is 9.22. The van der Waals surface area contributed by atoms with Gasteiger partial charge in [0, 0.05) is 29.3 Å². The number of halogens is 6. The molecule has 1 atom stereocenters. The Labute approximate surface area is 176 Å². The van der Waals surface area contributed by atoms with Gasteiger partial charge in [-0.3, -0.25) is 9.59 Å². The summed E-state index contributed by atoms with van der Waals surface area (Å²) in [4.78, 5) is 25.6. The molecule has 0 saturated carbocycles. The third-order valence-electron chi connectivity index (χ3n) is 4.83. The van der Waals surface area contributed by atoms with Gasteiger partial charge in [0.25, 0.3) is 11.5 Å². The summed E-state index contributed by atoms with van der Waals surface area (Å²) < 4.78 is 80.4. The third kappa shape index (κ3) is 4.77. The monoisotopic (exact) mass is 458 g/mol. The summed E-state index contributed by atoms with van der Waals surface area (Å²) in [7, 11) is 0. The van der Waals surface area contributed by atoms with Crippen LogP contribution in [0, 0.1) is 24.4 Å². The van der Waals surface area contributed by atoms with Crippen molar-refractivity contribution in [2.45, 2.75) is 32.3 Å². The van der Waals surface area contributed by atoms with Crippen molar-refractivity contribution in [3.8, 4) is 0 Å². The zero-order valence-electron chi connectivity index (χ0n) is 16.4. The second-order valence-electron chi connectivity index (χ2n) is 7.02. The molecule has 0 saturated heterocycles. The molecule has 11 heteroatoms. The zero-order chi connectivity index (χ0) is 23.8. The average Bonchev–Trinajstić information content (AvgIpc) is 2.66. The van der Waals surface area contributed by atoms with Gasteiger partial charge in [0.15, 0.2) is 6.23 Å². The van der Waals surface area contributed by atoms with Crippen molar-refractivity contribution in [2.75, 3.05) is 0 Å². The number of benzene rings is 2. The zero-order valence-corrected chi connectivity index (χ0v) is 16.4. The van der Waals surface area contributed by atoms with Crippen LogP contribution in [-0.2, 0) is 6.54 Å². The van der Waals surface area contributed by atoms with Gasteiger partial charge in [0.2, 0.25) is 0 Å². The van der Waals surface area contributed by atoms with Crippen LogP contribution < -0.4 is 10.9 Å². The summed E-state index contributed by atoms with van der Waals surface area (Å²) in [6.07, 6.45) is -7.82. The molecule has 5 nitrogen and oxygen atoms in total. The number of hydrogen-bond donors (Lipinski definition) is 2. The van der Waals surface area contributed by atoms with E-state index >= 15 is 0 Å². The summed E-state index contributed by atoms with van der Waals surface area (Å²) in [6, 6.07) is 5.66. The number of carbonyl (C=O) groups excluding carboxylic acids is 1. The maximum Gasteiger partial charge on any atom is 0.390 e. The van der Waals surface area contributed by atoms with E-state index in [1.165, 1.54) is 12.1 Å². The van der Waals surface area contributed by atoms with Crippen LogP contribution in [0.2, 0.25) is 0 Å². The smallest absolute Gasteiger partial charge is 0.369 e. The molecule has 1 amide bonds. The number of fused-ring (bicyclic) bond motifs is 1. The van der Waals surface area contributed by atoms with Gasteiger partial charge in [-0.15, -0.1) is 0 Å². The van der Waals surface area contributed by atoms with E-state index in [-0.39, 0.29) is 11.3 Å². The van der Waals surface area contributed by atoms with Crippen LogP contribution in [0.25, 0.3) is 10.8 Å². The fourth-order valence-corrected chi connectivity index (χ4v) is 3.36. The molecular formula is C21H16F6N2O3. The highest BCUT2D eigenvalue weighted by Crippen LogP contribution is 2.26. The summed E-state index contributed by atoms with van der Waals surface area (Å²) in [5.74, 6) is -4.32. The van der Waals surface area contributed by atoms with Crippen molar-refractivity contribution in [1.82, 2.24) is 9.88 Å².